The highest BCUT2D eigenvalue weighted by Crippen LogP contribution is 2.22. The zero-order valence-electron chi connectivity index (χ0n) is 15.8. The number of ether oxygens (including phenoxy) is 1. The lowest BCUT2D eigenvalue weighted by molar-refractivity contribution is -0.153. The number of anilines is 1. The minimum Gasteiger partial charge on any atom is -0.451 e. The molecule has 3 amide bonds. The van der Waals surface area contributed by atoms with E-state index in [1.54, 1.807) is 36.4 Å². The number of carbonyl (C=O) groups excluding carboxylic acids is 5. The third-order valence-electron chi connectivity index (χ3n) is 4.40. The van der Waals surface area contributed by atoms with Gasteiger partial charge in [0.25, 0.3) is 17.7 Å². The van der Waals surface area contributed by atoms with E-state index in [2.05, 4.69) is 5.32 Å². The molecule has 1 unspecified atom stereocenters. The molecule has 1 N–H and O–H groups in total. The average molecular weight is 394 g/mol. The van der Waals surface area contributed by atoms with Crippen molar-refractivity contribution in [2.75, 3.05) is 11.9 Å². The number of esters is 1. The second-order valence-electron chi connectivity index (χ2n) is 6.50. The molecule has 1 atom stereocenters. The summed E-state index contributed by atoms with van der Waals surface area (Å²) in [4.78, 5) is 61.0. The summed E-state index contributed by atoms with van der Waals surface area (Å²) in [7, 11) is 0. The van der Waals surface area contributed by atoms with Gasteiger partial charge in [0, 0.05) is 11.3 Å². The Bertz CT molecular complexity index is 977. The molecular formula is C21H18N2O6. The van der Waals surface area contributed by atoms with E-state index in [0.29, 0.717) is 11.3 Å². The minimum absolute atomic E-state index is 0.0988. The lowest BCUT2D eigenvalue weighted by Crippen LogP contribution is -2.38. The van der Waals surface area contributed by atoms with Gasteiger partial charge in [0.2, 0.25) is 0 Å². The maximum atomic E-state index is 12.3. The van der Waals surface area contributed by atoms with Crippen molar-refractivity contribution in [2.45, 2.75) is 20.0 Å². The monoisotopic (exact) mass is 394 g/mol. The van der Waals surface area contributed by atoms with Gasteiger partial charge in [0.1, 0.15) is 6.54 Å². The Kier molecular flexibility index (Phi) is 5.54. The van der Waals surface area contributed by atoms with E-state index >= 15 is 0 Å². The van der Waals surface area contributed by atoms with E-state index in [1.807, 2.05) is 0 Å². The van der Waals surface area contributed by atoms with E-state index in [0.717, 1.165) is 4.90 Å². The second-order valence-corrected chi connectivity index (χ2v) is 6.50. The number of fused-ring (bicyclic) bond motifs is 1. The smallest absolute Gasteiger partial charge is 0.326 e. The van der Waals surface area contributed by atoms with E-state index in [4.69, 9.17) is 4.74 Å². The number of hydrogen-bond acceptors (Lipinski definition) is 6. The van der Waals surface area contributed by atoms with Crippen LogP contribution in [0.2, 0.25) is 0 Å². The zero-order valence-corrected chi connectivity index (χ0v) is 15.8. The molecule has 0 spiro atoms. The number of hydrogen-bond donors (Lipinski definition) is 1. The number of carbonyl (C=O) groups is 5. The summed E-state index contributed by atoms with van der Waals surface area (Å²) in [5.74, 6) is -2.72. The Hall–Kier alpha value is -3.81. The molecule has 0 bridgehead atoms. The first-order valence-electron chi connectivity index (χ1n) is 8.84. The van der Waals surface area contributed by atoms with Gasteiger partial charge >= 0.3 is 5.97 Å². The topological polar surface area (TPSA) is 110 Å². The Balaban J connectivity index is 1.56. The van der Waals surface area contributed by atoms with Crippen molar-refractivity contribution < 1.29 is 28.7 Å². The van der Waals surface area contributed by atoms with Gasteiger partial charge in [0.05, 0.1) is 11.1 Å². The highest BCUT2D eigenvalue weighted by atomic mass is 16.5. The van der Waals surface area contributed by atoms with Crippen molar-refractivity contribution in [2.24, 2.45) is 0 Å². The van der Waals surface area contributed by atoms with E-state index in [9.17, 15) is 24.0 Å². The van der Waals surface area contributed by atoms with Gasteiger partial charge in [-0.05, 0) is 50.2 Å². The fourth-order valence-electron chi connectivity index (χ4n) is 2.83. The number of nitrogens with one attached hydrogen (secondary N) is 1. The fourth-order valence-corrected chi connectivity index (χ4v) is 2.83. The third kappa shape index (κ3) is 4.21. The van der Waals surface area contributed by atoms with Crippen LogP contribution >= 0.6 is 0 Å². The summed E-state index contributed by atoms with van der Waals surface area (Å²) < 4.78 is 5.05. The van der Waals surface area contributed by atoms with Crippen LogP contribution < -0.4 is 5.32 Å². The van der Waals surface area contributed by atoms with Gasteiger partial charge in [-0.2, -0.15) is 0 Å². The van der Waals surface area contributed by atoms with Crippen molar-refractivity contribution >= 4 is 35.2 Å². The Morgan fingerprint density at radius 2 is 1.52 bits per heavy atom. The third-order valence-corrected chi connectivity index (χ3v) is 4.40. The molecule has 1 aliphatic rings. The lowest BCUT2D eigenvalue weighted by Gasteiger charge is -2.16. The van der Waals surface area contributed by atoms with Crippen LogP contribution in [0, 0.1) is 0 Å². The van der Waals surface area contributed by atoms with Crippen LogP contribution in [0.1, 0.15) is 44.9 Å². The van der Waals surface area contributed by atoms with Crippen LogP contribution in [-0.4, -0.2) is 47.0 Å². The first-order chi connectivity index (χ1) is 13.8. The second kappa shape index (κ2) is 8.05. The normalized spacial score (nSPS) is 13.7. The van der Waals surface area contributed by atoms with Crippen LogP contribution in [-0.2, 0) is 14.3 Å². The molecule has 0 radical (unpaired) electrons. The summed E-state index contributed by atoms with van der Waals surface area (Å²) in [5, 5.41) is 2.56. The Morgan fingerprint density at radius 3 is 2.03 bits per heavy atom. The van der Waals surface area contributed by atoms with Crippen LogP contribution in [0.4, 0.5) is 5.69 Å². The summed E-state index contributed by atoms with van der Waals surface area (Å²) in [6, 6.07) is 12.5. The minimum atomic E-state index is -1.15. The average Bonchev–Trinajstić information content (AvgIpc) is 2.93. The van der Waals surface area contributed by atoms with Crippen molar-refractivity contribution in [3.63, 3.8) is 0 Å². The first-order valence-corrected chi connectivity index (χ1v) is 8.84. The SMILES string of the molecule is CC(=O)c1ccc(NC(=O)C(C)OC(=O)CN2C(=O)c3ccccc3C2=O)cc1. The van der Waals surface area contributed by atoms with Gasteiger partial charge < -0.3 is 10.1 Å². The molecule has 0 aliphatic carbocycles. The van der Waals surface area contributed by atoms with E-state index in [1.165, 1.54) is 26.0 Å². The summed E-state index contributed by atoms with van der Waals surface area (Å²) in [6.45, 7) is 2.22. The van der Waals surface area contributed by atoms with Gasteiger partial charge in [-0.3, -0.25) is 28.9 Å². The predicted molar refractivity (Wildman–Crippen MR) is 102 cm³/mol. The molecular weight excluding hydrogens is 376 g/mol. The van der Waals surface area contributed by atoms with Crippen molar-refractivity contribution in [1.82, 2.24) is 4.90 Å². The molecule has 1 aliphatic heterocycles. The number of ketones is 1. The molecule has 8 heteroatoms. The first kappa shape index (κ1) is 19.9. The molecule has 0 aromatic heterocycles. The number of benzene rings is 2. The van der Waals surface area contributed by atoms with Crippen LogP contribution in [0.5, 0.6) is 0 Å². The highest BCUT2D eigenvalue weighted by Gasteiger charge is 2.37. The van der Waals surface area contributed by atoms with Crippen molar-refractivity contribution in [3.8, 4) is 0 Å². The number of rotatable bonds is 6. The molecule has 2 aromatic carbocycles. The largest absolute Gasteiger partial charge is 0.451 e. The summed E-state index contributed by atoms with van der Waals surface area (Å²) in [6.07, 6.45) is -1.15. The molecule has 2 aromatic rings. The van der Waals surface area contributed by atoms with E-state index < -0.39 is 36.3 Å². The number of amides is 3. The number of imide groups is 1. The fraction of sp³-hybridized carbons (Fsp3) is 0.190. The molecule has 148 valence electrons. The Morgan fingerprint density at radius 1 is 0.966 bits per heavy atom. The highest BCUT2D eigenvalue weighted by molar-refractivity contribution is 6.22. The van der Waals surface area contributed by atoms with Gasteiger partial charge in [-0.1, -0.05) is 12.1 Å². The quantitative estimate of drug-likeness (QED) is 0.456. The van der Waals surface area contributed by atoms with Crippen LogP contribution in [0.3, 0.4) is 0 Å². The maximum Gasteiger partial charge on any atom is 0.326 e. The number of nitrogens with zero attached hydrogens (tertiary/aromatic N) is 1. The predicted octanol–water partition coefficient (Wildman–Crippen LogP) is 2.06. The number of Topliss-reactive ketones (excluding diaryl/α,β-unsaturated/α-hetero) is 1. The zero-order chi connectivity index (χ0) is 21.1. The van der Waals surface area contributed by atoms with Gasteiger partial charge in [-0.15, -0.1) is 0 Å². The molecule has 8 nitrogen and oxygen atoms in total. The summed E-state index contributed by atoms with van der Waals surface area (Å²) >= 11 is 0. The van der Waals surface area contributed by atoms with Gasteiger partial charge in [0.15, 0.2) is 11.9 Å². The molecule has 29 heavy (non-hydrogen) atoms. The Labute approximate surface area is 166 Å². The van der Waals surface area contributed by atoms with Gasteiger partial charge in [-0.25, -0.2) is 0 Å². The standard InChI is InChI=1S/C21H18N2O6/c1-12(24)14-7-9-15(10-8-14)22-19(26)13(2)29-18(25)11-23-20(27)16-5-3-4-6-17(16)21(23)28/h3-10,13H,11H2,1-2H3,(H,22,26). The van der Waals surface area contributed by atoms with E-state index in [-0.39, 0.29) is 16.9 Å². The van der Waals surface area contributed by atoms with Crippen LogP contribution in [0.25, 0.3) is 0 Å². The molecule has 3 rings (SSSR count). The maximum absolute atomic E-state index is 12.3. The van der Waals surface area contributed by atoms with Crippen molar-refractivity contribution in [3.05, 3.63) is 65.2 Å². The summed E-state index contributed by atoms with van der Waals surface area (Å²) in [5.41, 5.74) is 1.39. The molecule has 0 saturated carbocycles. The van der Waals surface area contributed by atoms with Crippen molar-refractivity contribution in [1.29, 1.82) is 0 Å². The molecule has 0 saturated heterocycles. The lowest BCUT2D eigenvalue weighted by atomic mass is 10.1. The molecule has 1 heterocycles. The molecule has 0 fully saturated rings. The van der Waals surface area contributed by atoms with Crippen LogP contribution in [0.15, 0.2) is 48.5 Å².